The lowest BCUT2D eigenvalue weighted by Crippen LogP contribution is -2.42. The van der Waals surface area contributed by atoms with Crippen molar-refractivity contribution in [2.45, 2.75) is 31.5 Å². The molecule has 9 nitrogen and oxygen atoms in total. The summed E-state index contributed by atoms with van der Waals surface area (Å²) in [5.74, 6) is 0. The standard InChI is InChI=1S/C13H16N2O7/c1-7-5-15(12-10(19)9(18)8(6-17)22-12)13(21)14(11(7)20)3-2-4-16/h2-5,8-10,12,17-19H,6H2,1H3/t8-,9?,10?,12-/m1/s1. The second kappa shape index (κ2) is 6.36. The summed E-state index contributed by atoms with van der Waals surface area (Å²) in [6.45, 7) is 0.915. The van der Waals surface area contributed by atoms with E-state index in [2.05, 4.69) is 0 Å². The van der Waals surface area contributed by atoms with Gasteiger partial charge < -0.3 is 20.1 Å². The number of rotatable bonds is 4. The molecule has 1 aliphatic rings. The zero-order valence-corrected chi connectivity index (χ0v) is 11.7. The summed E-state index contributed by atoms with van der Waals surface area (Å²) in [5.41, 5.74) is -1.29. The topological polar surface area (TPSA) is 131 Å². The predicted octanol–water partition coefficient (Wildman–Crippen LogP) is -2.40. The zero-order valence-electron chi connectivity index (χ0n) is 11.7. The molecule has 1 fully saturated rings. The van der Waals surface area contributed by atoms with Crippen LogP contribution in [0, 0.1) is 6.92 Å². The number of aldehydes is 1. The number of aliphatic hydroxyl groups excluding tert-OH is 3. The number of hydrogen-bond donors (Lipinski definition) is 3. The van der Waals surface area contributed by atoms with Crippen LogP contribution in [0.1, 0.15) is 11.8 Å². The molecular weight excluding hydrogens is 296 g/mol. The van der Waals surface area contributed by atoms with Crippen LogP contribution in [0.3, 0.4) is 0 Å². The van der Waals surface area contributed by atoms with E-state index in [4.69, 9.17) is 9.84 Å². The molecule has 0 bridgehead atoms. The summed E-state index contributed by atoms with van der Waals surface area (Å²) >= 11 is 0. The minimum Gasteiger partial charge on any atom is -0.394 e. The van der Waals surface area contributed by atoms with E-state index in [1.54, 1.807) is 0 Å². The summed E-state index contributed by atoms with van der Waals surface area (Å²) in [6, 6.07) is 0. The van der Waals surface area contributed by atoms with E-state index < -0.39 is 42.4 Å². The summed E-state index contributed by atoms with van der Waals surface area (Å²) < 4.78 is 6.89. The number of aliphatic hydroxyl groups is 3. The largest absolute Gasteiger partial charge is 0.394 e. The van der Waals surface area contributed by atoms with Gasteiger partial charge in [-0.2, -0.15) is 0 Å². The Morgan fingerprint density at radius 3 is 2.55 bits per heavy atom. The van der Waals surface area contributed by atoms with Crippen molar-refractivity contribution >= 4 is 12.5 Å². The average molecular weight is 312 g/mol. The molecule has 0 spiro atoms. The quantitative estimate of drug-likeness (QED) is 0.417. The molecule has 3 N–H and O–H groups in total. The van der Waals surface area contributed by atoms with E-state index in [1.165, 1.54) is 13.1 Å². The van der Waals surface area contributed by atoms with Crippen molar-refractivity contribution in [2.75, 3.05) is 6.61 Å². The van der Waals surface area contributed by atoms with Crippen LogP contribution in [0.15, 0.2) is 21.9 Å². The van der Waals surface area contributed by atoms with Crippen molar-refractivity contribution in [1.82, 2.24) is 9.13 Å². The first-order valence-electron chi connectivity index (χ1n) is 6.51. The van der Waals surface area contributed by atoms with E-state index >= 15 is 0 Å². The summed E-state index contributed by atoms with van der Waals surface area (Å²) in [7, 11) is 0. The molecule has 0 saturated carbocycles. The van der Waals surface area contributed by atoms with E-state index in [1.807, 2.05) is 0 Å². The molecule has 2 unspecified atom stereocenters. The third-order valence-corrected chi connectivity index (χ3v) is 3.42. The molecule has 0 amide bonds. The highest BCUT2D eigenvalue weighted by Crippen LogP contribution is 2.27. The highest BCUT2D eigenvalue weighted by Gasteiger charge is 2.43. The molecule has 120 valence electrons. The molecule has 1 aliphatic heterocycles. The van der Waals surface area contributed by atoms with Crippen LogP contribution >= 0.6 is 0 Å². The van der Waals surface area contributed by atoms with Gasteiger partial charge in [0.05, 0.1) is 6.61 Å². The van der Waals surface area contributed by atoms with Gasteiger partial charge in [0, 0.05) is 18.0 Å². The van der Waals surface area contributed by atoms with Crippen molar-refractivity contribution in [1.29, 1.82) is 0 Å². The Kier molecular flexibility index (Phi) is 4.71. The number of aryl methyl sites for hydroxylation is 1. The molecule has 2 heterocycles. The maximum atomic E-state index is 12.3. The van der Waals surface area contributed by atoms with Gasteiger partial charge in [0.25, 0.3) is 5.56 Å². The number of ether oxygens (including phenoxy) is 1. The second-order valence-electron chi connectivity index (χ2n) is 4.88. The van der Waals surface area contributed by atoms with Gasteiger partial charge in [0.2, 0.25) is 0 Å². The number of carbonyl (C=O) groups is 1. The lowest BCUT2D eigenvalue weighted by atomic mass is 10.1. The molecule has 2 rings (SSSR count). The molecule has 9 heteroatoms. The van der Waals surface area contributed by atoms with Crippen LogP contribution in [-0.2, 0) is 9.53 Å². The Morgan fingerprint density at radius 2 is 2.00 bits per heavy atom. The van der Waals surface area contributed by atoms with Crippen molar-refractivity contribution in [3.8, 4) is 0 Å². The van der Waals surface area contributed by atoms with Crippen molar-refractivity contribution in [2.24, 2.45) is 0 Å². The highest BCUT2D eigenvalue weighted by molar-refractivity contribution is 5.69. The first kappa shape index (κ1) is 16.3. The smallest absolute Gasteiger partial charge is 0.337 e. The summed E-state index contributed by atoms with van der Waals surface area (Å²) in [6.07, 6.45) is -1.54. The molecule has 4 atom stereocenters. The Morgan fingerprint density at radius 1 is 1.32 bits per heavy atom. The minimum absolute atomic E-state index is 0.174. The molecular formula is C13H16N2O7. The first-order chi connectivity index (χ1) is 10.4. The van der Waals surface area contributed by atoms with Crippen molar-refractivity contribution < 1.29 is 24.9 Å². The van der Waals surface area contributed by atoms with Gasteiger partial charge in [0.15, 0.2) is 6.23 Å². The fourth-order valence-corrected chi connectivity index (χ4v) is 2.27. The van der Waals surface area contributed by atoms with Crippen molar-refractivity contribution in [3.63, 3.8) is 0 Å². The van der Waals surface area contributed by atoms with Gasteiger partial charge in [-0.15, -0.1) is 0 Å². The highest BCUT2D eigenvalue weighted by atomic mass is 16.6. The lowest BCUT2D eigenvalue weighted by Gasteiger charge is -2.18. The zero-order chi connectivity index (χ0) is 16.4. The summed E-state index contributed by atoms with van der Waals surface area (Å²) in [4.78, 5) is 34.6. The van der Waals surface area contributed by atoms with E-state index in [0.29, 0.717) is 10.9 Å². The fraction of sp³-hybridized carbons (Fsp3) is 0.462. The maximum absolute atomic E-state index is 12.3. The van der Waals surface area contributed by atoms with Gasteiger partial charge >= 0.3 is 5.69 Å². The number of aromatic nitrogens is 2. The van der Waals surface area contributed by atoms with Crippen LogP contribution in [-0.4, -0.2) is 55.7 Å². The van der Waals surface area contributed by atoms with Crippen LogP contribution in [0.4, 0.5) is 0 Å². The average Bonchev–Trinajstić information content (AvgIpc) is 2.79. The normalized spacial score (nSPS) is 28.4. The Balaban J connectivity index is 2.55. The van der Waals surface area contributed by atoms with Crippen LogP contribution in [0.5, 0.6) is 0 Å². The van der Waals surface area contributed by atoms with Gasteiger partial charge in [-0.25, -0.2) is 9.36 Å². The fourth-order valence-electron chi connectivity index (χ4n) is 2.27. The Labute approximate surface area is 124 Å². The number of allylic oxidation sites excluding steroid dienone is 1. The van der Waals surface area contributed by atoms with Gasteiger partial charge in [-0.05, 0) is 13.0 Å². The SMILES string of the molecule is Cc1cn([C@@H]2O[C@H](CO)C(O)C2O)c(=O)n(C=CC=O)c1=O. The van der Waals surface area contributed by atoms with Gasteiger partial charge in [-0.1, -0.05) is 0 Å². The summed E-state index contributed by atoms with van der Waals surface area (Å²) in [5, 5.41) is 28.8. The minimum atomic E-state index is -1.45. The molecule has 22 heavy (non-hydrogen) atoms. The Hall–Kier alpha value is -2.07. The number of hydrogen-bond acceptors (Lipinski definition) is 7. The second-order valence-corrected chi connectivity index (χ2v) is 4.88. The molecule has 0 radical (unpaired) electrons. The first-order valence-corrected chi connectivity index (χ1v) is 6.51. The predicted molar refractivity (Wildman–Crippen MR) is 74.1 cm³/mol. The molecule has 1 saturated heterocycles. The number of carbonyl (C=O) groups excluding carboxylic acids is 1. The van der Waals surface area contributed by atoms with E-state index in [9.17, 15) is 24.6 Å². The van der Waals surface area contributed by atoms with Gasteiger partial charge in [0.1, 0.15) is 24.6 Å². The molecule has 1 aromatic rings. The third-order valence-electron chi connectivity index (χ3n) is 3.42. The van der Waals surface area contributed by atoms with Crippen LogP contribution in [0.2, 0.25) is 0 Å². The van der Waals surface area contributed by atoms with Crippen LogP contribution < -0.4 is 11.2 Å². The molecule has 0 aliphatic carbocycles. The molecule has 0 aromatic carbocycles. The lowest BCUT2D eigenvalue weighted by molar-refractivity contribution is -0.104. The third kappa shape index (κ3) is 2.66. The van der Waals surface area contributed by atoms with E-state index in [0.717, 1.165) is 16.8 Å². The Bertz CT molecular complexity index is 705. The maximum Gasteiger partial charge on any atom is 0.337 e. The van der Waals surface area contributed by atoms with Crippen molar-refractivity contribution in [3.05, 3.63) is 38.7 Å². The van der Waals surface area contributed by atoms with E-state index in [-0.39, 0.29) is 5.56 Å². The van der Waals surface area contributed by atoms with Gasteiger partial charge in [-0.3, -0.25) is 14.2 Å². The number of nitrogens with zero attached hydrogens (tertiary/aromatic N) is 2. The van der Waals surface area contributed by atoms with Crippen LogP contribution in [0.25, 0.3) is 6.20 Å². The molecule has 1 aromatic heterocycles. The monoisotopic (exact) mass is 312 g/mol.